The van der Waals surface area contributed by atoms with Crippen molar-refractivity contribution >= 4 is 28.6 Å². The van der Waals surface area contributed by atoms with E-state index in [1.54, 1.807) is 6.92 Å². The predicted octanol–water partition coefficient (Wildman–Crippen LogP) is 6.13. The molecule has 0 aliphatic carbocycles. The molecule has 0 amide bonds. The highest BCUT2D eigenvalue weighted by molar-refractivity contribution is 6.36. The van der Waals surface area contributed by atoms with Crippen molar-refractivity contribution in [3.05, 3.63) is 58.1 Å². The molecule has 2 nitrogen and oxygen atoms in total. The van der Waals surface area contributed by atoms with Crippen LogP contribution >= 0.6 is 11.6 Å². The molecule has 0 aromatic heterocycles. The molecule has 1 heterocycles. The SMILES string of the molecule is CC(=O)c1cccc(-c2cc(C)c3c(c2Cl)C(C)=CC(C)(C)N3)c1. The predicted molar refractivity (Wildman–Crippen MR) is 103 cm³/mol. The molecule has 0 saturated heterocycles. The van der Waals surface area contributed by atoms with Gasteiger partial charge in [0.05, 0.1) is 10.6 Å². The average molecular weight is 340 g/mol. The molecule has 0 bridgehead atoms. The number of ketones is 1. The van der Waals surface area contributed by atoms with E-state index in [1.165, 1.54) is 5.57 Å². The number of aryl methyl sites for hydroxylation is 1. The van der Waals surface area contributed by atoms with Crippen LogP contribution in [-0.4, -0.2) is 11.3 Å². The zero-order valence-electron chi connectivity index (χ0n) is 14.8. The number of carbonyl (C=O) groups is 1. The summed E-state index contributed by atoms with van der Waals surface area (Å²) >= 11 is 6.79. The van der Waals surface area contributed by atoms with Crippen LogP contribution in [0.25, 0.3) is 16.7 Å². The van der Waals surface area contributed by atoms with Gasteiger partial charge < -0.3 is 5.32 Å². The molecule has 3 heteroatoms. The van der Waals surface area contributed by atoms with Gasteiger partial charge in [-0.05, 0) is 63.5 Å². The van der Waals surface area contributed by atoms with E-state index in [1.807, 2.05) is 24.3 Å². The maximum atomic E-state index is 11.7. The molecular formula is C21H22ClNO. The normalized spacial score (nSPS) is 15.3. The Morgan fingerprint density at radius 1 is 1.17 bits per heavy atom. The van der Waals surface area contributed by atoms with Gasteiger partial charge in [-0.1, -0.05) is 35.9 Å². The highest BCUT2D eigenvalue weighted by Gasteiger charge is 2.27. The topological polar surface area (TPSA) is 29.1 Å². The second-order valence-electron chi connectivity index (χ2n) is 7.12. The largest absolute Gasteiger partial charge is 0.376 e. The zero-order valence-corrected chi connectivity index (χ0v) is 15.5. The molecule has 0 spiro atoms. The second kappa shape index (κ2) is 5.78. The summed E-state index contributed by atoms with van der Waals surface area (Å²) in [5.74, 6) is 0.0575. The van der Waals surface area contributed by atoms with Crippen molar-refractivity contribution in [1.29, 1.82) is 0 Å². The van der Waals surface area contributed by atoms with Crippen LogP contribution in [0.5, 0.6) is 0 Å². The lowest BCUT2D eigenvalue weighted by Crippen LogP contribution is -2.32. The van der Waals surface area contributed by atoms with Crippen LogP contribution in [0, 0.1) is 6.92 Å². The van der Waals surface area contributed by atoms with Gasteiger partial charge in [-0.3, -0.25) is 4.79 Å². The van der Waals surface area contributed by atoms with E-state index in [0.717, 1.165) is 33.0 Å². The Kier molecular flexibility index (Phi) is 4.05. The van der Waals surface area contributed by atoms with Crippen LogP contribution < -0.4 is 5.32 Å². The molecular weight excluding hydrogens is 318 g/mol. The Morgan fingerprint density at radius 2 is 1.88 bits per heavy atom. The first-order valence-electron chi connectivity index (χ1n) is 8.12. The van der Waals surface area contributed by atoms with Crippen molar-refractivity contribution in [1.82, 2.24) is 0 Å². The van der Waals surface area contributed by atoms with E-state index in [0.29, 0.717) is 5.56 Å². The van der Waals surface area contributed by atoms with Crippen LogP contribution in [0.2, 0.25) is 5.02 Å². The lowest BCUT2D eigenvalue weighted by atomic mass is 9.87. The first-order chi connectivity index (χ1) is 11.2. The van der Waals surface area contributed by atoms with Crippen molar-refractivity contribution in [3.63, 3.8) is 0 Å². The number of rotatable bonds is 2. The van der Waals surface area contributed by atoms with Crippen LogP contribution in [0.1, 0.15) is 49.2 Å². The first kappa shape index (κ1) is 16.8. The van der Waals surface area contributed by atoms with Crippen LogP contribution in [-0.2, 0) is 0 Å². The fraction of sp³-hybridized carbons (Fsp3) is 0.286. The Morgan fingerprint density at radius 3 is 2.54 bits per heavy atom. The smallest absolute Gasteiger partial charge is 0.159 e. The van der Waals surface area contributed by atoms with E-state index in [4.69, 9.17) is 11.6 Å². The van der Waals surface area contributed by atoms with E-state index in [-0.39, 0.29) is 11.3 Å². The van der Waals surface area contributed by atoms with Crippen molar-refractivity contribution in [2.45, 2.75) is 40.2 Å². The number of halogens is 1. The number of anilines is 1. The molecule has 0 radical (unpaired) electrons. The minimum absolute atomic E-state index is 0.0575. The summed E-state index contributed by atoms with van der Waals surface area (Å²) in [6.07, 6.45) is 2.20. The van der Waals surface area contributed by atoms with E-state index < -0.39 is 0 Å². The first-order valence-corrected chi connectivity index (χ1v) is 8.50. The molecule has 0 saturated carbocycles. The second-order valence-corrected chi connectivity index (χ2v) is 7.49. The van der Waals surface area contributed by atoms with Gasteiger partial charge in [0.1, 0.15) is 0 Å². The Hall–Kier alpha value is -2.06. The summed E-state index contributed by atoms with van der Waals surface area (Å²) in [5.41, 5.74) is 7.01. The summed E-state index contributed by atoms with van der Waals surface area (Å²) in [7, 11) is 0. The van der Waals surface area contributed by atoms with Crippen molar-refractivity contribution in [2.24, 2.45) is 0 Å². The summed E-state index contributed by atoms with van der Waals surface area (Å²) in [6.45, 7) is 10.1. The van der Waals surface area contributed by atoms with Crippen molar-refractivity contribution in [3.8, 4) is 11.1 Å². The van der Waals surface area contributed by atoms with Gasteiger partial charge in [0.2, 0.25) is 0 Å². The monoisotopic (exact) mass is 339 g/mol. The van der Waals surface area contributed by atoms with E-state index in [9.17, 15) is 4.79 Å². The van der Waals surface area contributed by atoms with Gasteiger partial charge in [-0.2, -0.15) is 0 Å². The molecule has 2 aromatic rings. The Labute approximate surface area is 148 Å². The number of nitrogens with one attached hydrogen (secondary N) is 1. The minimum Gasteiger partial charge on any atom is -0.376 e. The number of benzene rings is 2. The summed E-state index contributed by atoms with van der Waals surface area (Å²) < 4.78 is 0. The number of allylic oxidation sites excluding steroid dienone is 1. The molecule has 124 valence electrons. The van der Waals surface area contributed by atoms with Crippen molar-refractivity contribution < 1.29 is 4.79 Å². The molecule has 1 N–H and O–H groups in total. The highest BCUT2D eigenvalue weighted by atomic mass is 35.5. The quantitative estimate of drug-likeness (QED) is 0.667. The van der Waals surface area contributed by atoms with E-state index >= 15 is 0 Å². The van der Waals surface area contributed by atoms with Crippen molar-refractivity contribution in [2.75, 3.05) is 5.32 Å². The Balaban J connectivity index is 2.23. The lowest BCUT2D eigenvalue weighted by molar-refractivity contribution is 0.101. The van der Waals surface area contributed by atoms with Gasteiger partial charge >= 0.3 is 0 Å². The van der Waals surface area contributed by atoms with E-state index in [2.05, 4.69) is 45.2 Å². The number of carbonyl (C=O) groups excluding carboxylic acids is 1. The molecule has 24 heavy (non-hydrogen) atoms. The fourth-order valence-electron chi connectivity index (χ4n) is 3.41. The standard InChI is InChI=1S/C21H22ClNO/c1-12-9-17(16-8-6-7-15(10-16)14(3)24)19(22)18-13(2)11-21(4,5)23-20(12)18/h6-11,23H,1-5H3. The number of Topliss-reactive ketones (excluding diaryl/α,β-unsaturated/α-hetero) is 1. The lowest BCUT2D eigenvalue weighted by Gasteiger charge is -2.33. The minimum atomic E-state index is -0.0960. The molecule has 0 atom stereocenters. The number of fused-ring (bicyclic) bond motifs is 1. The molecule has 0 fully saturated rings. The molecule has 0 unspecified atom stereocenters. The third-order valence-electron chi connectivity index (χ3n) is 4.46. The molecule has 2 aromatic carbocycles. The van der Waals surface area contributed by atoms with Gasteiger partial charge in [0.15, 0.2) is 5.78 Å². The summed E-state index contributed by atoms with van der Waals surface area (Å²) in [6, 6.07) is 9.75. The van der Waals surface area contributed by atoms with Gasteiger partial charge in [-0.15, -0.1) is 0 Å². The van der Waals surface area contributed by atoms with Gasteiger partial charge in [0.25, 0.3) is 0 Å². The maximum Gasteiger partial charge on any atom is 0.159 e. The van der Waals surface area contributed by atoms with Crippen LogP contribution in [0.4, 0.5) is 5.69 Å². The Bertz CT molecular complexity index is 878. The van der Waals surface area contributed by atoms with Crippen LogP contribution in [0.3, 0.4) is 0 Å². The number of hydrogen-bond donors (Lipinski definition) is 1. The molecule has 3 rings (SSSR count). The third-order valence-corrected chi connectivity index (χ3v) is 4.85. The number of hydrogen-bond acceptors (Lipinski definition) is 2. The average Bonchev–Trinajstić information content (AvgIpc) is 2.49. The zero-order chi connectivity index (χ0) is 17.6. The van der Waals surface area contributed by atoms with Gasteiger partial charge in [0, 0.05) is 22.4 Å². The fourth-order valence-corrected chi connectivity index (χ4v) is 3.82. The van der Waals surface area contributed by atoms with Gasteiger partial charge in [-0.25, -0.2) is 0 Å². The highest BCUT2D eigenvalue weighted by Crippen LogP contribution is 2.44. The van der Waals surface area contributed by atoms with Crippen LogP contribution in [0.15, 0.2) is 36.4 Å². The third kappa shape index (κ3) is 2.87. The summed E-state index contributed by atoms with van der Waals surface area (Å²) in [5, 5.41) is 4.30. The maximum absolute atomic E-state index is 11.7. The summed E-state index contributed by atoms with van der Waals surface area (Å²) in [4.78, 5) is 11.7. The molecule has 1 aliphatic heterocycles. The molecule has 1 aliphatic rings.